The van der Waals surface area contributed by atoms with E-state index < -0.39 is 12.1 Å². The van der Waals surface area contributed by atoms with Crippen LogP contribution in [0.4, 0.5) is 0 Å². The zero-order valence-electron chi connectivity index (χ0n) is 8.00. The molecule has 1 aromatic rings. The molecule has 0 aromatic carbocycles. The third kappa shape index (κ3) is 2.51. The molecule has 1 N–H and O–H groups in total. The van der Waals surface area contributed by atoms with Gasteiger partial charge in [-0.05, 0) is 0 Å². The van der Waals surface area contributed by atoms with E-state index in [0.717, 1.165) is 0 Å². The summed E-state index contributed by atoms with van der Waals surface area (Å²) < 4.78 is 9.92. The summed E-state index contributed by atoms with van der Waals surface area (Å²) in [5.74, 6) is -0.453. The number of ether oxygens (including phenoxy) is 1. The number of carboxylic acids is 1. The summed E-state index contributed by atoms with van der Waals surface area (Å²) in [5.41, 5.74) is 0. The van der Waals surface area contributed by atoms with Gasteiger partial charge in [0.05, 0.1) is 13.2 Å². The molecule has 2 heterocycles. The molecule has 7 nitrogen and oxygen atoms in total. The number of morpholine rings is 1. The zero-order chi connectivity index (χ0) is 10.7. The minimum absolute atomic E-state index is 0.345. The molecule has 0 bridgehead atoms. The van der Waals surface area contributed by atoms with Gasteiger partial charge in [-0.2, -0.15) is 4.98 Å². The maximum Gasteiger partial charge on any atom is 0.334 e. The van der Waals surface area contributed by atoms with E-state index in [1.54, 1.807) is 0 Å². The van der Waals surface area contributed by atoms with Crippen LogP contribution in [0.5, 0.6) is 0 Å². The summed E-state index contributed by atoms with van der Waals surface area (Å²) >= 11 is 0. The van der Waals surface area contributed by atoms with Crippen LogP contribution in [0.2, 0.25) is 0 Å². The Morgan fingerprint density at radius 2 is 2.60 bits per heavy atom. The van der Waals surface area contributed by atoms with Crippen molar-refractivity contribution in [3.8, 4) is 0 Å². The van der Waals surface area contributed by atoms with Crippen molar-refractivity contribution in [2.45, 2.75) is 12.6 Å². The van der Waals surface area contributed by atoms with Crippen LogP contribution < -0.4 is 0 Å². The lowest BCUT2D eigenvalue weighted by atomic mass is 10.3. The van der Waals surface area contributed by atoms with Crippen molar-refractivity contribution in [2.24, 2.45) is 0 Å². The fourth-order valence-electron chi connectivity index (χ4n) is 1.45. The number of hydrogen-bond donors (Lipinski definition) is 1. The molecule has 1 aliphatic heterocycles. The fraction of sp³-hybridized carbons (Fsp3) is 0.625. The monoisotopic (exact) mass is 213 g/mol. The first-order chi connectivity index (χ1) is 7.25. The Morgan fingerprint density at radius 1 is 1.73 bits per heavy atom. The van der Waals surface area contributed by atoms with Crippen molar-refractivity contribution in [3.05, 3.63) is 12.2 Å². The molecule has 15 heavy (non-hydrogen) atoms. The maximum atomic E-state index is 10.7. The third-order valence-corrected chi connectivity index (χ3v) is 2.19. The molecule has 0 saturated carbocycles. The number of hydrogen-bond acceptors (Lipinski definition) is 6. The Balaban J connectivity index is 1.90. The SMILES string of the molecule is O=C(O)C1CN(Cc2ncno2)CCO1. The van der Waals surface area contributed by atoms with Crippen molar-refractivity contribution in [2.75, 3.05) is 19.7 Å². The summed E-state index contributed by atoms with van der Waals surface area (Å²) in [6.07, 6.45) is 0.562. The van der Waals surface area contributed by atoms with E-state index in [-0.39, 0.29) is 0 Å². The van der Waals surface area contributed by atoms with Crippen molar-refractivity contribution in [3.63, 3.8) is 0 Å². The highest BCUT2D eigenvalue weighted by Crippen LogP contribution is 2.08. The van der Waals surface area contributed by atoms with Gasteiger partial charge in [0, 0.05) is 13.1 Å². The molecule has 2 rings (SSSR count). The standard InChI is InChI=1S/C8H11N3O4/c12-8(13)6-3-11(1-2-14-6)4-7-9-5-10-15-7/h5-6H,1-4H2,(H,12,13). The lowest BCUT2D eigenvalue weighted by Crippen LogP contribution is -2.45. The van der Waals surface area contributed by atoms with Crippen molar-refractivity contribution in [1.29, 1.82) is 0 Å². The van der Waals surface area contributed by atoms with E-state index >= 15 is 0 Å². The molecule has 1 aromatic heterocycles. The second-order valence-corrected chi connectivity index (χ2v) is 3.27. The van der Waals surface area contributed by atoms with Crippen LogP contribution in [0.25, 0.3) is 0 Å². The predicted molar refractivity (Wildman–Crippen MR) is 47.0 cm³/mol. The number of rotatable bonds is 3. The molecular formula is C8H11N3O4. The van der Waals surface area contributed by atoms with Gasteiger partial charge >= 0.3 is 5.97 Å². The first kappa shape index (κ1) is 10.1. The first-order valence-electron chi connectivity index (χ1n) is 4.58. The molecule has 1 atom stereocenters. The molecule has 1 saturated heterocycles. The summed E-state index contributed by atoms with van der Waals surface area (Å²) in [6.45, 7) is 1.89. The smallest absolute Gasteiger partial charge is 0.334 e. The highest BCUT2D eigenvalue weighted by atomic mass is 16.5. The quantitative estimate of drug-likeness (QED) is 0.713. The molecule has 7 heteroatoms. The maximum absolute atomic E-state index is 10.7. The van der Waals surface area contributed by atoms with Crippen LogP contribution in [0, 0.1) is 0 Å². The largest absolute Gasteiger partial charge is 0.479 e. The molecule has 0 radical (unpaired) electrons. The molecule has 1 aliphatic rings. The minimum Gasteiger partial charge on any atom is -0.479 e. The second-order valence-electron chi connectivity index (χ2n) is 3.27. The second kappa shape index (κ2) is 4.37. The average Bonchev–Trinajstić information content (AvgIpc) is 2.71. The number of nitrogens with zero attached hydrogens (tertiary/aromatic N) is 3. The van der Waals surface area contributed by atoms with E-state index in [0.29, 0.717) is 32.1 Å². The van der Waals surface area contributed by atoms with Crippen molar-refractivity contribution in [1.82, 2.24) is 15.0 Å². The summed E-state index contributed by atoms with van der Waals surface area (Å²) in [7, 11) is 0. The van der Waals surface area contributed by atoms with Gasteiger partial charge in [0.25, 0.3) is 0 Å². The van der Waals surface area contributed by atoms with Gasteiger partial charge in [0.15, 0.2) is 12.4 Å². The minimum atomic E-state index is -0.940. The zero-order valence-corrected chi connectivity index (χ0v) is 8.00. The van der Waals surface area contributed by atoms with Crippen LogP contribution in [0.1, 0.15) is 5.89 Å². The van der Waals surface area contributed by atoms with Gasteiger partial charge < -0.3 is 14.4 Å². The van der Waals surface area contributed by atoms with Crippen LogP contribution >= 0.6 is 0 Å². The van der Waals surface area contributed by atoms with Gasteiger partial charge in [-0.3, -0.25) is 4.90 Å². The van der Waals surface area contributed by atoms with Gasteiger partial charge in [-0.25, -0.2) is 4.79 Å². The molecule has 1 fully saturated rings. The van der Waals surface area contributed by atoms with E-state index in [1.807, 2.05) is 4.90 Å². The number of carbonyl (C=O) groups is 1. The summed E-state index contributed by atoms with van der Waals surface area (Å²) in [5, 5.41) is 12.3. The number of aliphatic carboxylic acids is 1. The topological polar surface area (TPSA) is 88.7 Å². The molecule has 0 amide bonds. The van der Waals surface area contributed by atoms with Gasteiger partial charge in [-0.15, -0.1) is 0 Å². The van der Waals surface area contributed by atoms with Gasteiger partial charge in [0.1, 0.15) is 0 Å². The van der Waals surface area contributed by atoms with Crippen LogP contribution in [-0.4, -0.2) is 51.9 Å². The Morgan fingerprint density at radius 3 is 3.27 bits per heavy atom. The Labute approximate surface area is 85.6 Å². The van der Waals surface area contributed by atoms with Crippen molar-refractivity contribution < 1.29 is 19.2 Å². The fourth-order valence-corrected chi connectivity index (χ4v) is 1.45. The van der Waals surface area contributed by atoms with Crippen molar-refractivity contribution >= 4 is 5.97 Å². The van der Waals surface area contributed by atoms with Gasteiger partial charge in [0.2, 0.25) is 5.89 Å². The number of aromatic nitrogens is 2. The Kier molecular flexibility index (Phi) is 2.93. The molecule has 82 valence electrons. The first-order valence-corrected chi connectivity index (χ1v) is 4.58. The molecule has 0 aliphatic carbocycles. The summed E-state index contributed by atoms with van der Waals surface area (Å²) in [6, 6.07) is 0. The number of carboxylic acid groups (broad SMARTS) is 1. The lowest BCUT2D eigenvalue weighted by molar-refractivity contribution is -0.156. The molecule has 1 unspecified atom stereocenters. The van der Waals surface area contributed by atoms with E-state index in [4.69, 9.17) is 14.4 Å². The van der Waals surface area contributed by atoms with Crippen LogP contribution in [-0.2, 0) is 16.1 Å². The molecule has 0 spiro atoms. The average molecular weight is 213 g/mol. The third-order valence-electron chi connectivity index (χ3n) is 2.19. The van der Waals surface area contributed by atoms with E-state index in [9.17, 15) is 4.79 Å². The highest BCUT2D eigenvalue weighted by Gasteiger charge is 2.26. The van der Waals surface area contributed by atoms with E-state index in [2.05, 4.69) is 10.1 Å². The Hall–Kier alpha value is -1.47. The van der Waals surface area contributed by atoms with Crippen LogP contribution in [0.15, 0.2) is 10.9 Å². The normalized spacial score (nSPS) is 22.8. The predicted octanol–water partition coefficient (Wildman–Crippen LogP) is -0.645. The molecular weight excluding hydrogens is 202 g/mol. The van der Waals surface area contributed by atoms with Gasteiger partial charge in [-0.1, -0.05) is 5.16 Å². The summed E-state index contributed by atoms with van der Waals surface area (Å²) in [4.78, 5) is 16.5. The van der Waals surface area contributed by atoms with Crippen LogP contribution in [0.3, 0.4) is 0 Å². The Bertz CT molecular complexity index is 327. The van der Waals surface area contributed by atoms with E-state index in [1.165, 1.54) is 6.33 Å². The lowest BCUT2D eigenvalue weighted by Gasteiger charge is -2.29. The highest BCUT2D eigenvalue weighted by molar-refractivity contribution is 5.72.